The summed E-state index contributed by atoms with van der Waals surface area (Å²) in [6.45, 7) is 0. The Balaban J connectivity index is 2.19. The molecule has 1 amide bonds. The molecule has 2 N–H and O–H groups in total. The predicted molar refractivity (Wildman–Crippen MR) is 67.7 cm³/mol. The third-order valence-corrected chi connectivity index (χ3v) is 2.57. The van der Waals surface area contributed by atoms with Gasteiger partial charge in [0.25, 0.3) is 5.91 Å². The Morgan fingerprint density at radius 3 is 2.78 bits per heavy atom. The standard InChI is InChI=1S/C10H11ClN6O/c1-12-8-7(11)3-6(4-13-8)9(18)16-10-14-5-15-17(10)2/h3-5H,1-2H3,(H,12,13)(H,14,15,16,18). The summed E-state index contributed by atoms with van der Waals surface area (Å²) in [4.78, 5) is 19.8. The van der Waals surface area contributed by atoms with E-state index in [4.69, 9.17) is 11.6 Å². The monoisotopic (exact) mass is 266 g/mol. The molecule has 7 nitrogen and oxygen atoms in total. The molecule has 0 aliphatic heterocycles. The molecule has 2 heterocycles. The molecular formula is C10H11ClN6O. The van der Waals surface area contributed by atoms with Gasteiger partial charge in [0, 0.05) is 20.3 Å². The lowest BCUT2D eigenvalue weighted by molar-refractivity contribution is 0.102. The second-order valence-electron chi connectivity index (χ2n) is 3.47. The maximum absolute atomic E-state index is 11.9. The summed E-state index contributed by atoms with van der Waals surface area (Å²) < 4.78 is 1.45. The lowest BCUT2D eigenvalue weighted by Gasteiger charge is -2.06. The molecular weight excluding hydrogens is 256 g/mol. The van der Waals surface area contributed by atoms with Crippen LogP contribution in [0, 0.1) is 0 Å². The molecule has 2 aromatic rings. The van der Waals surface area contributed by atoms with Crippen LogP contribution in [0.3, 0.4) is 0 Å². The molecule has 0 aliphatic carbocycles. The van der Waals surface area contributed by atoms with Crippen LogP contribution in [0.25, 0.3) is 0 Å². The van der Waals surface area contributed by atoms with Crippen molar-refractivity contribution in [1.82, 2.24) is 19.7 Å². The van der Waals surface area contributed by atoms with E-state index >= 15 is 0 Å². The highest BCUT2D eigenvalue weighted by Gasteiger charge is 2.11. The minimum atomic E-state index is -0.344. The third kappa shape index (κ3) is 2.40. The molecule has 0 aromatic carbocycles. The Bertz CT molecular complexity index is 581. The fourth-order valence-corrected chi connectivity index (χ4v) is 1.59. The van der Waals surface area contributed by atoms with Crippen LogP contribution in [-0.2, 0) is 7.05 Å². The van der Waals surface area contributed by atoms with Crippen LogP contribution >= 0.6 is 11.6 Å². The van der Waals surface area contributed by atoms with Gasteiger partial charge in [-0.25, -0.2) is 9.67 Å². The van der Waals surface area contributed by atoms with E-state index < -0.39 is 0 Å². The van der Waals surface area contributed by atoms with Crippen molar-refractivity contribution in [2.75, 3.05) is 17.7 Å². The zero-order valence-corrected chi connectivity index (χ0v) is 10.6. The molecule has 94 valence electrons. The van der Waals surface area contributed by atoms with Crippen LogP contribution in [-0.4, -0.2) is 32.7 Å². The van der Waals surface area contributed by atoms with Crippen molar-refractivity contribution in [3.8, 4) is 0 Å². The second kappa shape index (κ2) is 5.01. The Morgan fingerprint density at radius 2 is 2.22 bits per heavy atom. The molecule has 0 fully saturated rings. The zero-order chi connectivity index (χ0) is 13.1. The molecule has 0 saturated carbocycles. The normalized spacial score (nSPS) is 10.2. The number of halogens is 1. The van der Waals surface area contributed by atoms with Crippen LogP contribution in [0.15, 0.2) is 18.6 Å². The van der Waals surface area contributed by atoms with Gasteiger partial charge >= 0.3 is 0 Å². The predicted octanol–water partition coefficient (Wildman–Crippen LogP) is 1.16. The number of nitrogens with zero attached hydrogens (tertiary/aromatic N) is 4. The zero-order valence-electron chi connectivity index (χ0n) is 9.81. The average molecular weight is 267 g/mol. The maximum atomic E-state index is 11.9. The van der Waals surface area contributed by atoms with Crippen LogP contribution in [0.4, 0.5) is 11.8 Å². The van der Waals surface area contributed by atoms with E-state index in [0.29, 0.717) is 22.4 Å². The van der Waals surface area contributed by atoms with Crippen LogP contribution in [0.1, 0.15) is 10.4 Å². The quantitative estimate of drug-likeness (QED) is 0.871. The smallest absolute Gasteiger partial charge is 0.259 e. The maximum Gasteiger partial charge on any atom is 0.259 e. The number of aryl methyl sites for hydroxylation is 1. The molecule has 0 bridgehead atoms. The van der Waals surface area contributed by atoms with Gasteiger partial charge in [-0.1, -0.05) is 11.6 Å². The number of carbonyl (C=O) groups is 1. The highest BCUT2D eigenvalue weighted by atomic mass is 35.5. The second-order valence-corrected chi connectivity index (χ2v) is 3.87. The fourth-order valence-electron chi connectivity index (χ4n) is 1.33. The summed E-state index contributed by atoms with van der Waals surface area (Å²) in [6.07, 6.45) is 2.79. The lowest BCUT2D eigenvalue weighted by atomic mass is 10.2. The average Bonchev–Trinajstić information content (AvgIpc) is 2.75. The Morgan fingerprint density at radius 1 is 1.44 bits per heavy atom. The highest BCUT2D eigenvalue weighted by Crippen LogP contribution is 2.19. The summed E-state index contributed by atoms with van der Waals surface area (Å²) in [7, 11) is 3.38. The van der Waals surface area contributed by atoms with Crippen molar-refractivity contribution in [2.45, 2.75) is 0 Å². The van der Waals surface area contributed by atoms with E-state index in [1.807, 2.05) is 0 Å². The molecule has 2 aromatic heterocycles. The molecule has 8 heteroatoms. The van der Waals surface area contributed by atoms with Crippen molar-refractivity contribution in [2.24, 2.45) is 7.05 Å². The Hall–Kier alpha value is -2.15. The van der Waals surface area contributed by atoms with Crippen LogP contribution in [0.5, 0.6) is 0 Å². The topological polar surface area (TPSA) is 84.7 Å². The fraction of sp³-hybridized carbons (Fsp3) is 0.200. The van der Waals surface area contributed by atoms with E-state index in [-0.39, 0.29) is 5.91 Å². The van der Waals surface area contributed by atoms with E-state index in [1.165, 1.54) is 23.3 Å². The number of rotatable bonds is 3. The minimum absolute atomic E-state index is 0.344. The van der Waals surface area contributed by atoms with Crippen LogP contribution < -0.4 is 10.6 Å². The largest absolute Gasteiger partial charge is 0.372 e. The van der Waals surface area contributed by atoms with Gasteiger partial charge in [0.05, 0.1) is 10.6 Å². The number of carbonyl (C=O) groups excluding carboxylic acids is 1. The van der Waals surface area contributed by atoms with Gasteiger partial charge in [0.15, 0.2) is 0 Å². The summed E-state index contributed by atoms with van der Waals surface area (Å²) in [5, 5.41) is 9.64. The first kappa shape index (κ1) is 12.3. The number of nitrogens with one attached hydrogen (secondary N) is 2. The van der Waals surface area contributed by atoms with E-state index in [2.05, 4.69) is 25.7 Å². The highest BCUT2D eigenvalue weighted by molar-refractivity contribution is 6.33. The van der Waals surface area contributed by atoms with Crippen molar-refractivity contribution >= 4 is 29.3 Å². The van der Waals surface area contributed by atoms with Gasteiger partial charge in [-0.3, -0.25) is 10.1 Å². The molecule has 0 unspecified atom stereocenters. The molecule has 0 saturated heterocycles. The van der Waals surface area contributed by atoms with Crippen molar-refractivity contribution in [1.29, 1.82) is 0 Å². The molecule has 0 aliphatic rings. The first-order chi connectivity index (χ1) is 8.61. The molecule has 0 radical (unpaired) electrons. The molecule has 0 spiro atoms. The summed E-state index contributed by atoms with van der Waals surface area (Å²) in [5.74, 6) is 0.531. The number of pyridine rings is 1. The molecule has 2 rings (SSSR count). The van der Waals surface area contributed by atoms with Gasteiger partial charge in [-0.2, -0.15) is 10.1 Å². The van der Waals surface area contributed by atoms with Crippen molar-refractivity contribution < 1.29 is 4.79 Å². The van der Waals surface area contributed by atoms with Crippen LogP contribution in [0.2, 0.25) is 5.02 Å². The number of hydrogen-bond donors (Lipinski definition) is 2. The summed E-state index contributed by atoms with van der Waals surface area (Å²) in [5.41, 5.74) is 0.349. The molecule has 0 atom stereocenters. The van der Waals surface area contributed by atoms with Crippen molar-refractivity contribution in [3.05, 3.63) is 29.2 Å². The molecule has 18 heavy (non-hydrogen) atoms. The van der Waals surface area contributed by atoms with Crippen molar-refractivity contribution in [3.63, 3.8) is 0 Å². The Kier molecular flexibility index (Phi) is 3.42. The van der Waals surface area contributed by atoms with E-state index in [0.717, 1.165) is 0 Å². The number of aromatic nitrogens is 4. The van der Waals surface area contributed by atoms with Gasteiger partial charge in [-0.05, 0) is 6.07 Å². The lowest BCUT2D eigenvalue weighted by Crippen LogP contribution is -2.15. The summed E-state index contributed by atoms with van der Waals surface area (Å²) >= 11 is 5.95. The summed E-state index contributed by atoms with van der Waals surface area (Å²) in [6, 6.07) is 1.53. The number of hydrogen-bond acceptors (Lipinski definition) is 5. The third-order valence-electron chi connectivity index (χ3n) is 2.28. The minimum Gasteiger partial charge on any atom is -0.372 e. The van der Waals surface area contributed by atoms with Gasteiger partial charge in [0.2, 0.25) is 5.95 Å². The SMILES string of the molecule is CNc1ncc(C(=O)Nc2ncnn2C)cc1Cl. The number of anilines is 2. The van der Waals surface area contributed by atoms with Gasteiger partial charge < -0.3 is 5.32 Å². The van der Waals surface area contributed by atoms with E-state index in [9.17, 15) is 4.79 Å². The number of amides is 1. The Labute approximate surface area is 108 Å². The first-order valence-corrected chi connectivity index (χ1v) is 5.48. The van der Waals surface area contributed by atoms with Gasteiger partial charge in [-0.15, -0.1) is 0 Å². The van der Waals surface area contributed by atoms with E-state index in [1.54, 1.807) is 14.1 Å². The van der Waals surface area contributed by atoms with Gasteiger partial charge in [0.1, 0.15) is 12.1 Å². The first-order valence-electron chi connectivity index (χ1n) is 5.10.